The molecule has 0 aromatic carbocycles. The fourth-order valence-electron chi connectivity index (χ4n) is 1.29. The molecular formula is C11H22N2O3S. The monoisotopic (exact) mass is 262 g/mol. The lowest BCUT2D eigenvalue weighted by atomic mass is 10.1. The molecule has 0 rings (SSSR count). The van der Waals surface area contributed by atoms with Crippen molar-refractivity contribution in [3.05, 3.63) is 0 Å². The van der Waals surface area contributed by atoms with Crippen molar-refractivity contribution < 1.29 is 14.7 Å². The molecule has 100 valence electrons. The van der Waals surface area contributed by atoms with Crippen molar-refractivity contribution >= 4 is 23.8 Å². The molecule has 0 saturated carbocycles. The van der Waals surface area contributed by atoms with Gasteiger partial charge in [-0.2, -0.15) is 11.8 Å². The third kappa shape index (κ3) is 13.0. The number of amides is 2. The van der Waals surface area contributed by atoms with Gasteiger partial charge >= 0.3 is 12.0 Å². The van der Waals surface area contributed by atoms with Crippen molar-refractivity contribution in [2.24, 2.45) is 0 Å². The van der Waals surface area contributed by atoms with Gasteiger partial charge in [0.2, 0.25) is 0 Å². The van der Waals surface area contributed by atoms with Gasteiger partial charge in [0.15, 0.2) is 0 Å². The molecule has 6 heteroatoms. The maximum absolute atomic E-state index is 11.2. The van der Waals surface area contributed by atoms with Gasteiger partial charge in [-0.25, -0.2) is 4.79 Å². The van der Waals surface area contributed by atoms with Crippen LogP contribution in [0.25, 0.3) is 0 Å². The van der Waals surface area contributed by atoms with Crippen LogP contribution < -0.4 is 10.6 Å². The summed E-state index contributed by atoms with van der Waals surface area (Å²) in [5.74, 6) is 0.180. The average molecular weight is 262 g/mol. The molecule has 3 N–H and O–H groups in total. The fraction of sp³-hybridized carbons (Fsp3) is 0.818. The molecule has 0 aromatic rings. The first kappa shape index (κ1) is 16.1. The normalized spacial score (nSPS) is 9.94. The summed E-state index contributed by atoms with van der Waals surface area (Å²) in [4.78, 5) is 21.4. The maximum Gasteiger partial charge on any atom is 0.314 e. The number of hydrogen-bond acceptors (Lipinski definition) is 3. The number of unbranched alkanes of at least 4 members (excludes halogenated alkanes) is 3. The highest BCUT2D eigenvalue weighted by Crippen LogP contribution is 2.01. The zero-order valence-electron chi connectivity index (χ0n) is 10.3. The Hall–Kier alpha value is -0.910. The van der Waals surface area contributed by atoms with Crippen molar-refractivity contribution in [2.75, 3.05) is 25.1 Å². The summed E-state index contributed by atoms with van der Waals surface area (Å²) < 4.78 is 0. The summed E-state index contributed by atoms with van der Waals surface area (Å²) in [5, 5.41) is 13.9. The number of hydrogen-bond donors (Lipinski definition) is 3. The molecule has 0 unspecified atom stereocenters. The van der Waals surface area contributed by atoms with Gasteiger partial charge in [0.25, 0.3) is 0 Å². The van der Waals surface area contributed by atoms with Crippen LogP contribution >= 0.6 is 11.8 Å². The highest BCUT2D eigenvalue weighted by Gasteiger charge is 1.99. The summed E-state index contributed by atoms with van der Waals surface area (Å²) in [5.41, 5.74) is 0. The van der Waals surface area contributed by atoms with Crippen LogP contribution in [0.4, 0.5) is 4.79 Å². The van der Waals surface area contributed by atoms with E-state index in [9.17, 15) is 9.59 Å². The van der Waals surface area contributed by atoms with Crippen LogP contribution in [0.15, 0.2) is 0 Å². The Morgan fingerprint density at radius 3 is 2.35 bits per heavy atom. The Morgan fingerprint density at radius 1 is 1.06 bits per heavy atom. The average Bonchev–Trinajstić information content (AvgIpc) is 2.28. The van der Waals surface area contributed by atoms with Crippen molar-refractivity contribution in [2.45, 2.75) is 32.1 Å². The predicted molar refractivity (Wildman–Crippen MR) is 70.5 cm³/mol. The number of rotatable bonds is 10. The molecule has 0 fully saturated rings. The van der Waals surface area contributed by atoms with E-state index in [1.807, 2.05) is 6.26 Å². The number of carboxylic acids is 1. The highest BCUT2D eigenvalue weighted by molar-refractivity contribution is 7.98. The van der Waals surface area contributed by atoms with E-state index in [1.165, 1.54) is 0 Å². The number of carbonyl (C=O) groups excluding carboxylic acids is 1. The number of thioether (sulfide) groups is 1. The largest absolute Gasteiger partial charge is 0.481 e. The Bertz CT molecular complexity index is 225. The second kappa shape index (κ2) is 11.6. The first-order valence-electron chi connectivity index (χ1n) is 5.89. The van der Waals surface area contributed by atoms with Gasteiger partial charge in [0, 0.05) is 25.3 Å². The lowest BCUT2D eigenvalue weighted by Crippen LogP contribution is -2.37. The lowest BCUT2D eigenvalue weighted by molar-refractivity contribution is -0.137. The van der Waals surface area contributed by atoms with E-state index in [0.717, 1.165) is 31.4 Å². The van der Waals surface area contributed by atoms with Crippen molar-refractivity contribution in [1.29, 1.82) is 0 Å². The smallest absolute Gasteiger partial charge is 0.314 e. The Balaban J connectivity index is 3.16. The third-order valence-electron chi connectivity index (χ3n) is 2.19. The molecule has 0 aliphatic heterocycles. The molecule has 2 amide bonds. The summed E-state index contributed by atoms with van der Waals surface area (Å²) in [6.45, 7) is 1.34. The SMILES string of the molecule is CSCCNC(=O)NCCCCCCC(=O)O. The minimum atomic E-state index is -0.740. The van der Waals surface area contributed by atoms with Crippen LogP contribution in [0.5, 0.6) is 0 Å². The van der Waals surface area contributed by atoms with Gasteiger partial charge < -0.3 is 15.7 Å². The molecule has 17 heavy (non-hydrogen) atoms. The van der Waals surface area contributed by atoms with E-state index in [0.29, 0.717) is 13.1 Å². The number of carboxylic acid groups (broad SMARTS) is 1. The van der Waals surface area contributed by atoms with Crippen molar-refractivity contribution in [3.63, 3.8) is 0 Å². The zero-order chi connectivity index (χ0) is 12.9. The van der Waals surface area contributed by atoms with Gasteiger partial charge in [-0.05, 0) is 19.1 Å². The predicted octanol–water partition coefficient (Wildman–Crippen LogP) is 1.68. The summed E-state index contributed by atoms with van der Waals surface area (Å²) in [6.07, 6.45) is 5.71. The molecule has 0 aliphatic carbocycles. The van der Waals surface area contributed by atoms with Gasteiger partial charge in [-0.3, -0.25) is 4.79 Å². The molecule has 0 heterocycles. The topological polar surface area (TPSA) is 78.4 Å². The van der Waals surface area contributed by atoms with E-state index >= 15 is 0 Å². The Kier molecular flexibility index (Phi) is 11.0. The fourth-order valence-corrected chi connectivity index (χ4v) is 1.59. The molecule has 0 bridgehead atoms. The summed E-state index contributed by atoms with van der Waals surface area (Å²) in [7, 11) is 0. The lowest BCUT2D eigenvalue weighted by Gasteiger charge is -2.06. The minimum absolute atomic E-state index is 0.121. The highest BCUT2D eigenvalue weighted by atomic mass is 32.2. The standard InChI is InChI=1S/C11H22N2O3S/c1-17-9-8-13-11(16)12-7-5-3-2-4-6-10(14)15/h2-9H2,1H3,(H,14,15)(H2,12,13,16). The number of aliphatic carboxylic acids is 1. The second-order valence-corrected chi connectivity index (χ2v) is 4.72. The quantitative estimate of drug-likeness (QED) is 0.523. The van der Waals surface area contributed by atoms with Crippen molar-refractivity contribution in [1.82, 2.24) is 10.6 Å². The molecule has 0 aromatic heterocycles. The van der Waals surface area contributed by atoms with Gasteiger partial charge in [0.1, 0.15) is 0 Å². The number of nitrogens with one attached hydrogen (secondary N) is 2. The first-order valence-corrected chi connectivity index (χ1v) is 7.28. The Morgan fingerprint density at radius 2 is 1.71 bits per heavy atom. The van der Waals surface area contributed by atoms with E-state index in [4.69, 9.17) is 5.11 Å². The van der Waals surface area contributed by atoms with E-state index in [2.05, 4.69) is 10.6 Å². The van der Waals surface area contributed by atoms with Gasteiger partial charge in [0.05, 0.1) is 0 Å². The van der Waals surface area contributed by atoms with E-state index < -0.39 is 5.97 Å². The van der Waals surface area contributed by atoms with Crippen LogP contribution in [-0.2, 0) is 4.79 Å². The first-order chi connectivity index (χ1) is 8.16. The Labute approximate surface area is 107 Å². The number of urea groups is 1. The van der Waals surface area contributed by atoms with Crippen LogP contribution in [0.3, 0.4) is 0 Å². The second-order valence-electron chi connectivity index (χ2n) is 3.73. The van der Waals surface area contributed by atoms with Crippen LogP contribution in [0.2, 0.25) is 0 Å². The molecule has 0 aliphatic rings. The van der Waals surface area contributed by atoms with Crippen molar-refractivity contribution in [3.8, 4) is 0 Å². The van der Waals surface area contributed by atoms with Gasteiger partial charge in [-0.1, -0.05) is 12.8 Å². The molecule has 0 radical (unpaired) electrons. The van der Waals surface area contributed by atoms with Crippen LogP contribution in [-0.4, -0.2) is 42.2 Å². The summed E-state index contributed by atoms with van der Waals surface area (Å²) in [6, 6.07) is -0.121. The number of carbonyl (C=O) groups is 2. The van der Waals surface area contributed by atoms with E-state index in [1.54, 1.807) is 11.8 Å². The molecule has 0 atom stereocenters. The molecule has 5 nitrogen and oxygen atoms in total. The summed E-state index contributed by atoms with van der Waals surface area (Å²) >= 11 is 1.69. The van der Waals surface area contributed by atoms with Crippen LogP contribution in [0.1, 0.15) is 32.1 Å². The zero-order valence-corrected chi connectivity index (χ0v) is 11.1. The molecular weight excluding hydrogens is 240 g/mol. The maximum atomic E-state index is 11.2. The minimum Gasteiger partial charge on any atom is -0.481 e. The van der Waals surface area contributed by atoms with E-state index in [-0.39, 0.29) is 12.5 Å². The molecule has 0 spiro atoms. The van der Waals surface area contributed by atoms with Gasteiger partial charge in [-0.15, -0.1) is 0 Å². The van der Waals surface area contributed by atoms with Crippen LogP contribution in [0, 0.1) is 0 Å². The third-order valence-corrected chi connectivity index (χ3v) is 2.81. The molecule has 0 saturated heterocycles.